The quantitative estimate of drug-likeness (QED) is 0.832. The Hall–Kier alpha value is -2.31. The molecule has 0 saturated carbocycles. The SMILES string of the molecule is CCOc1cccnc1C(=O)NC(COC(N)=O)C(C)(C)C. The van der Waals surface area contributed by atoms with Gasteiger partial charge in [-0.1, -0.05) is 20.8 Å². The van der Waals surface area contributed by atoms with Crippen molar-refractivity contribution in [3.63, 3.8) is 0 Å². The Morgan fingerprint density at radius 2 is 2.09 bits per heavy atom. The van der Waals surface area contributed by atoms with Gasteiger partial charge in [0.15, 0.2) is 11.4 Å². The summed E-state index contributed by atoms with van der Waals surface area (Å²) >= 11 is 0. The zero-order valence-corrected chi connectivity index (χ0v) is 13.4. The van der Waals surface area contributed by atoms with E-state index < -0.39 is 18.0 Å². The second-order valence-electron chi connectivity index (χ2n) is 5.81. The van der Waals surface area contributed by atoms with E-state index in [-0.39, 0.29) is 17.7 Å². The average Bonchev–Trinajstić information content (AvgIpc) is 2.42. The third kappa shape index (κ3) is 5.23. The van der Waals surface area contributed by atoms with Gasteiger partial charge in [-0.25, -0.2) is 9.78 Å². The number of carbonyl (C=O) groups is 2. The van der Waals surface area contributed by atoms with Crippen LogP contribution in [0.2, 0.25) is 0 Å². The third-order valence-electron chi connectivity index (χ3n) is 3.03. The molecule has 0 bridgehead atoms. The molecule has 122 valence electrons. The van der Waals surface area contributed by atoms with E-state index in [4.69, 9.17) is 15.2 Å². The van der Waals surface area contributed by atoms with Crippen LogP contribution in [0.5, 0.6) is 5.75 Å². The van der Waals surface area contributed by atoms with Gasteiger partial charge in [-0.15, -0.1) is 0 Å². The van der Waals surface area contributed by atoms with Gasteiger partial charge in [0, 0.05) is 6.20 Å². The van der Waals surface area contributed by atoms with Gasteiger partial charge in [-0.05, 0) is 24.5 Å². The maximum absolute atomic E-state index is 12.4. The topological polar surface area (TPSA) is 104 Å². The number of primary amides is 1. The number of aromatic nitrogens is 1. The summed E-state index contributed by atoms with van der Waals surface area (Å²) in [6.07, 6.45) is 0.639. The van der Waals surface area contributed by atoms with Crippen LogP contribution in [-0.2, 0) is 4.74 Å². The molecule has 0 saturated heterocycles. The Kier molecular flexibility index (Phi) is 6.15. The lowest BCUT2D eigenvalue weighted by Gasteiger charge is -2.30. The molecule has 1 atom stereocenters. The monoisotopic (exact) mass is 309 g/mol. The van der Waals surface area contributed by atoms with Crippen molar-refractivity contribution in [3.8, 4) is 5.75 Å². The van der Waals surface area contributed by atoms with E-state index in [1.54, 1.807) is 12.1 Å². The molecule has 0 spiro atoms. The number of nitrogens with zero attached hydrogens (tertiary/aromatic N) is 1. The Labute approximate surface area is 130 Å². The molecule has 1 aromatic rings. The van der Waals surface area contributed by atoms with E-state index in [0.717, 1.165) is 0 Å². The molecule has 1 aromatic heterocycles. The van der Waals surface area contributed by atoms with Crippen molar-refractivity contribution in [2.75, 3.05) is 13.2 Å². The summed E-state index contributed by atoms with van der Waals surface area (Å²) < 4.78 is 10.2. The molecule has 0 aliphatic heterocycles. The van der Waals surface area contributed by atoms with Crippen molar-refractivity contribution in [3.05, 3.63) is 24.0 Å². The summed E-state index contributed by atoms with van der Waals surface area (Å²) in [5.41, 5.74) is 4.85. The molecule has 2 amide bonds. The number of nitrogens with one attached hydrogen (secondary N) is 1. The molecule has 7 nitrogen and oxygen atoms in total. The van der Waals surface area contributed by atoms with Crippen molar-refractivity contribution >= 4 is 12.0 Å². The first-order valence-electron chi connectivity index (χ1n) is 7.06. The lowest BCUT2D eigenvalue weighted by atomic mass is 9.87. The van der Waals surface area contributed by atoms with Gasteiger partial charge in [-0.3, -0.25) is 4.79 Å². The minimum absolute atomic E-state index is 0.0125. The fourth-order valence-corrected chi connectivity index (χ4v) is 1.73. The van der Waals surface area contributed by atoms with Crippen molar-refractivity contribution in [2.24, 2.45) is 11.1 Å². The first-order valence-corrected chi connectivity index (χ1v) is 7.06. The highest BCUT2D eigenvalue weighted by Gasteiger charge is 2.29. The second-order valence-corrected chi connectivity index (χ2v) is 5.81. The molecule has 0 aromatic carbocycles. The van der Waals surface area contributed by atoms with E-state index >= 15 is 0 Å². The molecule has 7 heteroatoms. The van der Waals surface area contributed by atoms with E-state index in [0.29, 0.717) is 12.4 Å². The van der Waals surface area contributed by atoms with Crippen molar-refractivity contribution in [2.45, 2.75) is 33.7 Å². The minimum atomic E-state index is -0.878. The van der Waals surface area contributed by atoms with Crippen LogP contribution in [0.1, 0.15) is 38.2 Å². The molecule has 0 aliphatic rings. The second kappa shape index (κ2) is 7.63. The average molecular weight is 309 g/mol. The van der Waals surface area contributed by atoms with E-state index in [1.165, 1.54) is 6.20 Å². The Morgan fingerprint density at radius 1 is 1.41 bits per heavy atom. The van der Waals surface area contributed by atoms with E-state index in [1.807, 2.05) is 27.7 Å². The number of rotatable bonds is 6. The molecule has 22 heavy (non-hydrogen) atoms. The van der Waals surface area contributed by atoms with Crippen LogP contribution in [0.25, 0.3) is 0 Å². The van der Waals surface area contributed by atoms with Crippen molar-refractivity contribution < 1.29 is 19.1 Å². The predicted molar refractivity (Wildman–Crippen MR) is 81.7 cm³/mol. The number of hydrogen-bond donors (Lipinski definition) is 2. The lowest BCUT2D eigenvalue weighted by Crippen LogP contribution is -2.47. The standard InChI is InChI=1S/C15H23N3O4/c1-5-21-10-7-6-8-17-12(10)13(19)18-11(15(2,3)4)9-22-14(16)20/h6-8,11H,5,9H2,1-4H3,(H2,16,20)(H,18,19). The summed E-state index contributed by atoms with van der Waals surface area (Å²) in [6.45, 7) is 8.01. The van der Waals surface area contributed by atoms with Crippen LogP contribution in [0.3, 0.4) is 0 Å². The number of ether oxygens (including phenoxy) is 2. The van der Waals surface area contributed by atoms with Gasteiger partial charge in [0.05, 0.1) is 12.6 Å². The summed E-state index contributed by atoms with van der Waals surface area (Å²) in [5.74, 6) is 0.0167. The number of pyridine rings is 1. The molecule has 0 aliphatic carbocycles. The zero-order chi connectivity index (χ0) is 16.8. The highest BCUT2D eigenvalue weighted by Crippen LogP contribution is 2.21. The normalized spacial score (nSPS) is 12.4. The largest absolute Gasteiger partial charge is 0.491 e. The predicted octanol–water partition coefficient (Wildman–Crippen LogP) is 1.72. The third-order valence-corrected chi connectivity index (χ3v) is 3.03. The fourth-order valence-electron chi connectivity index (χ4n) is 1.73. The summed E-state index contributed by atoms with van der Waals surface area (Å²) in [6, 6.07) is 2.96. The molecule has 3 N–H and O–H groups in total. The Balaban J connectivity index is 2.89. The summed E-state index contributed by atoms with van der Waals surface area (Å²) in [7, 11) is 0. The van der Waals surface area contributed by atoms with Gasteiger partial charge >= 0.3 is 6.09 Å². The molecule has 0 fully saturated rings. The van der Waals surface area contributed by atoms with Gasteiger partial charge in [0.25, 0.3) is 5.91 Å². The summed E-state index contributed by atoms with van der Waals surface area (Å²) in [5, 5.41) is 2.81. The lowest BCUT2D eigenvalue weighted by molar-refractivity contribution is 0.0796. The van der Waals surface area contributed by atoms with Gasteiger partial charge in [0.2, 0.25) is 0 Å². The van der Waals surface area contributed by atoms with Gasteiger partial charge in [0.1, 0.15) is 6.61 Å². The van der Waals surface area contributed by atoms with Crippen molar-refractivity contribution in [1.82, 2.24) is 10.3 Å². The highest BCUT2D eigenvalue weighted by atomic mass is 16.5. The molecular formula is C15H23N3O4. The van der Waals surface area contributed by atoms with E-state index in [9.17, 15) is 9.59 Å². The number of amides is 2. The minimum Gasteiger partial charge on any atom is -0.491 e. The molecule has 1 rings (SSSR count). The van der Waals surface area contributed by atoms with Crippen molar-refractivity contribution in [1.29, 1.82) is 0 Å². The van der Waals surface area contributed by atoms with Crippen LogP contribution >= 0.6 is 0 Å². The first-order chi connectivity index (χ1) is 10.3. The molecule has 1 heterocycles. The van der Waals surface area contributed by atoms with E-state index in [2.05, 4.69) is 10.3 Å². The van der Waals surface area contributed by atoms with Gasteiger partial charge in [-0.2, -0.15) is 0 Å². The zero-order valence-electron chi connectivity index (χ0n) is 13.4. The number of carbonyl (C=O) groups excluding carboxylic acids is 2. The van der Waals surface area contributed by atoms with Crippen LogP contribution < -0.4 is 15.8 Å². The molecule has 0 radical (unpaired) electrons. The van der Waals surface area contributed by atoms with Crippen LogP contribution in [0.15, 0.2) is 18.3 Å². The Morgan fingerprint density at radius 3 is 2.64 bits per heavy atom. The highest BCUT2D eigenvalue weighted by molar-refractivity contribution is 5.95. The molecular weight excluding hydrogens is 286 g/mol. The van der Waals surface area contributed by atoms with Gasteiger partial charge < -0.3 is 20.5 Å². The Bertz CT molecular complexity index is 526. The van der Waals surface area contributed by atoms with Crippen LogP contribution in [0.4, 0.5) is 4.79 Å². The smallest absolute Gasteiger partial charge is 0.404 e. The van der Waals surface area contributed by atoms with Crippen LogP contribution in [-0.4, -0.2) is 36.2 Å². The first kappa shape index (κ1) is 17.7. The maximum atomic E-state index is 12.4. The number of nitrogens with two attached hydrogens (primary N) is 1. The van der Waals surface area contributed by atoms with Crippen LogP contribution in [0, 0.1) is 5.41 Å². The fraction of sp³-hybridized carbons (Fsp3) is 0.533. The summed E-state index contributed by atoms with van der Waals surface area (Å²) in [4.78, 5) is 27.3. The maximum Gasteiger partial charge on any atom is 0.404 e. The molecule has 1 unspecified atom stereocenters. The number of hydrogen-bond acceptors (Lipinski definition) is 5.